The second-order valence-corrected chi connectivity index (χ2v) is 6.07. The summed E-state index contributed by atoms with van der Waals surface area (Å²) in [5, 5.41) is 14.4. The first kappa shape index (κ1) is 15.6. The van der Waals surface area contributed by atoms with Crippen LogP contribution in [0.3, 0.4) is 0 Å². The first-order valence-electron chi connectivity index (χ1n) is 7.83. The molecule has 0 aromatic heterocycles. The smallest absolute Gasteiger partial charge is 0.273 e. The molecule has 116 valence electrons. The standard InChI is InChI=1S/C16H25N3O2/c1-4-7-17-13-9-14(11-15(10-13)19(20)21)18-8-5-6-16(18)12(2)3/h9-12,16-17H,4-8H2,1-3H3. The molecule has 21 heavy (non-hydrogen) atoms. The zero-order chi connectivity index (χ0) is 15.4. The molecule has 0 radical (unpaired) electrons. The molecule has 2 rings (SSSR count). The average Bonchev–Trinajstić information content (AvgIpc) is 2.94. The number of nitrogens with zero attached hydrogens (tertiary/aromatic N) is 2. The maximum atomic E-state index is 11.2. The molecule has 1 aliphatic rings. The molecule has 1 fully saturated rings. The lowest BCUT2D eigenvalue weighted by molar-refractivity contribution is -0.384. The third-order valence-electron chi connectivity index (χ3n) is 4.09. The monoisotopic (exact) mass is 291 g/mol. The minimum absolute atomic E-state index is 0.167. The van der Waals surface area contributed by atoms with Gasteiger partial charge in [-0.2, -0.15) is 0 Å². The predicted octanol–water partition coefficient (Wildman–Crippen LogP) is 4.04. The van der Waals surface area contributed by atoms with Crippen molar-refractivity contribution in [1.29, 1.82) is 0 Å². The first-order valence-corrected chi connectivity index (χ1v) is 7.83. The van der Waals surface area contributed by atoms with E-state index in [9.17, 15) is 10.1 Å². The van der Waals surface area contributed by atoms with Gasteiger partial charge in [-0.05, 0) is 31.2 Å². The molecule has 1 heterocycles. The van der Waals surface area contributed by atoms with E-state index in [0.717, 1.165) is 43.7 Å². The second-order valence-electron chi connectivity index (χ2n) is 6.07. The zero-order valence-electron chi connectivity index (χ0n) is 13.1. The van der Waals surface area contributed by atoms with Crippen LogP contribution in [0, 0.1) is 16.0 Å². The van der Waals surface area contributed by atoms with Gasteiger partial charge in [0, 0.05) is 42.6 Å². The van der Waals surface area contributed by atoms with Crippen LogP contribution in [-0.4, -0.2) is 24.1 Å². The van der Waals surface area contributed by atoms with Crippen molar-refractivity contribution in [3.8, 4) is 0 Å². The first-order chi connectivity index (χ1) is 10.0. The SMILES string of the molecule is CCCNc1cc(N2CCCC2C(C)C)cc([N+](=O)[O-])c1. The minimum atomic E-state index is -0.304. The fraction of sp³-hybridized carbons (Fsp3) is 0.625. The predicted molar refractivity (Wildman–Crippen MR) is 87.1 cm³/mol. The van der Waals surface area contributed by atoms with Gasteiger partial charge in [0.2, 0.25) is 0 Å². The Morgan fingerprint density at radius 1 is 1.43 bits per heavy atom. The van der Waals surface area contributed by atoms with Crippen molar-refractivity contribution < 1.29 is 4.92 Å². The zero-order valence-corrected chi connectivity index (χ0v) is 13.1. The Hall–Kier alpha value is -1.78. The van der Waals surface area contributed by atoms with Crippen molar-refractivity contribution in [1.82, 2.24) is 0 Å². The Labute approximate surface area is 126 Å². The molecular formula is C16H25N3O2. The third kappa shape index (κ3) is 3.65. The average molecular weight is 291 g/mol. The van der Waals surface area contributed by atoms with E-state index in [4.69, 9.17) is 0 Å². The van der Waals surface area contributed by atoms with Crippen molar-refractivity contribution in [2.24, 2.45) is 5.92 Å². The molecule has 0 aliphatic carbocycles. The van der Waals surface area contributed by atoms with Crippen LogP contribution >= 0.6 is 0 Å². The number of nitro groups is 1. The Morgan fingerprint density at radius 3 is 2.81 bits per heavy atom. The van der Waals surface area contributed by atoms with E-state index in [1.54, 1.807) is 12.1 Å². The Kier molecular flexibility index (Phi) is 5.04. The van der Waals surface area contributed by atoms with E-state index in [-0.39, 0.29) is 10.6 Å². The molecule has 5 nitrogen and oxygen atoms in total. The Balaban J connectivity index is 2.32. The highest BCUT2D eigenvalue weighted by atomic mass is 16.6. The summed E-state index contributed by atoms with van der Waals surface area (Å²) in [6.07, 6.45) is 3.32. The largest absolute Gasteiger partial charge is 0.385 e. The van der Waals surface area contributed by atoms with E-state index in [1.807, 2.05) is 6.07 Å². The van der Waals surface area contributed by atoms with E-state index < -0.39 is 0 Å². The minimum Gasteiger partial charge on any atom is -0.385 e. The molecule has 0 amide bonds. The molecule has 1 aromatic carbocycles. The third-order valence-corrected chi connectivity index (χ3v) is 4.09. The van der Waals surface area contributed by atoms with E-state index >= 15 is 0 Å². The highest BCUT2D eigenvalue weighted by Gasteiger charge is 2.28. The molecule has 0 spiro atoms. The molecule has 5 heteroatoms. The summed E-state index contributed by atoms with van der Waals surface area (Å²) < 4.78 is 0. The highest BCUT2D eigenvalue weighted by Crippen LogP contribution is 2.34. The van der Waals surface area contributed by atoms with Crippen LogP contribution in [0.2, 0.25) is 0 Å². The van der Waals surface area contributed by atoms with Gasteiger partial charge in [0.1, 0.15) is 0 Å². The number of benzene rings is 1. The quantitative estimate of drug-likeness (QED) is 0.634. The Bertz CT molecular complexity index is 502. The normalized spacial score (nSPS) is 18.3. The number of nitro benzene ring substituents is 1. The van der Waals surface area contributed by atoms with Crippen molar-refractivity contribution in [3.05, 3.63) is 28.3 Å². The topological polar surface area (TPSA) is 58.4 Å². The second kappa shape index (κ2) is 6.78. The number of hydrogen-bond donors (Lipinski definition) is 1. The van der Waals surface area contributed by atoms with Gasteiger partial charge in [-0.25, -0.2) is 0 Å². The van der Waals surface area contributed by atoms with E-state index in [0.29, 0.717) is 12.0 Å². The molecule has 1 unspecified atom stereocenters. The van der Waals surface area contributed by atoms with Gasteiger partial charge in [0.25, 0.3) is 5.69 Å². The van der Waals surface area contributed by atoms with Crippen LogP contribution < -0.4 is 10.2 Å². The highest BCUT2D eigenvalue weighted by molar-refractivity contribution is 5.65. The van der Waals surface area contributed by atoms with Crippen LogP contribution in [0.25, 0.3) is 0 Å². The summed E-state index contributed by atoms with van der Waals surface area (Å²) in [6, 6.07) is 5.85. The van der Waals surface area contributed by atoms with Crippen LogP contribution in [0.5, 0.6) is 0 Å². The van der Waals surface area contributed by atoms with Crippen molar-refractivity contribution in [3.63, 3.8) is 0 Å². The molecule has 1 aromatic rings. The van der Waals surface area contributed by atoms with Crippen LogP contribution in [0.15, 0.2) is 18.2 Å². The van der Waals surface area contributed by atoms with Crippen molar-refractivity contribution in [2.45, 2.75) is 46.1 Å². The summed E-state index contributed by atoms with van der Waals surface area (Å²) in [5.41, 5.74) is 1.98. The summed E-state index contributed by atoms with van der Waals surface area (Å²) >= 11 is 0. The van der Waals surface area contributed by atoms with Gasteiger partial charge in [-0.3, -0.25) is 10.1 Å². The molecule has 0 bridgehead atoms. The van der Waals surface area contributed by atoms with Gasteiger partial charge in [-0.15, -0.1) is 0 Å². The van der Waals surface area contributed by atoms with E-state index in [1.165, 1.54) is 0 Å². The number of rotatable bonds is 6. The molecular weight excluding hydrogens is 266 g/mol. The maximum absolute atomic E-state index is 11.2. The summed E-state index contributed by atoms with van der Waals surface area (Å²) in [6.45, 7) is 8.33. The molecule has 1 atom stereocenters. The number of non-ortho nitro benzene ring substituents is 1. The summed E-state index contributed by atoms with van der Waals surface area (Å²) in [4.78, 5) is 13.2. The fourth-order valence-electron chi connectivity index (χ4n) is 3.04. The lowest BCUT2D eigenvalue weighted by Gasteiger charge is -2.30. The molecule has 1 saturated heterocycles. The number of nitrogens with one attached hydrogen (secondary N) is 1. The van der Waals surface area contributed by atoms with Crippen LogP contribution in [-0.2, 0) is 0 Å². The molecule has 1 N–H and O–H groups in total. The van der Waals surface area contributed by atoms with Gasteiger partial charge >= 0.3 is 0 Å². The summed E-state index contributed by atoms with van der Waals surface area (Å²) in [5.74, 6) is 0.554. The van der Waals surface area contributed by atoms with Crippen molar-refractivity contribution in [2.75, 3.05) is 23.3 Å². The van der Waals surface area contributed by atoms with Gasteiger partial charge in [0.05, 0.1) is 4.92 Å². The Morgan fingerprint density at radius 2 is 2.19 bits per heavy atom. The number of hydrogen-bond acceptors (Lipinski definition) is 4. The van der Waals surface area contributed by atoms with E-state index in [2.05, 4.69) is 31.0 Å². The lowest BCUT2D eigenvalue weighted by Crippen LogP contribution is -2.33. The van der Waals surface area contributed by atoms with Crippen molar-refractivity contribution >= 4 is 17.1 Å². The molecule has 0 saturated carbocycles. The number of anilines is 2. The fourth-order valence-corrected chi connectivity index (χ4v) is 3.04. The lowest BCUT2D eigenvalue weighted by atomic mass is 10.0. The molecule has 1 aliphatic heterocycles. The maximum Gasteiger partial charge on any atom is 0.273 e. The summed E-state index contributed by atoms with van der Waals surface area (Å²) in [7, 11) is 0. The van der Waals surface area contributed by atoms with Gasteiger partial charge in [-0.1, -0.05) is 20.8 Å². The van der Waals surface area contributed by atoms with Gasteiger partial charge in [0.15, 0.2) is 0 Å². The van der Waals surface area contributed by atoms with Gasteiger partial charge < -0.3 is 10.2 Å². The van der Waals surface area contributed by atoms with Crippen LogP contribution in [0.4, 0.5) is 17.1 Å². The van der Waals surface area contributed by atoms with Crippen LogP contribution in [0.1, 0.15) is 40.0 Å².